The van der Waals surface area contributed by atoms with Gasteiger partial charge in [-0.15, -0.1) is 0 Å². The maximum atomic E-state index is 12.1. The van der Waals surface area contributed by atoms with Gasteiger partial charge >= 0.3 is 0 Å². The summed E-state index contributed by atoms with van der Waals surface area (Å²) in [4.78, 5) is 16.9. The Hall–Kier alpha value is -0.650. The Morgan fingerprint density at radius 3 is 2.59 bits per heavy atom. The second-order valence-electron chi connectivity index (χ2n) is 7.69. The lowest BCUT2D eigenvalue weighted by Gasteiger charge is -2.47. The molecule has 1 amide bonds. The van der Waals surface area contributed by atoms with E-state index in [1.54, 1.807) is 0 Å². The molecular formula is C17H31N3O2. The number of nitrogens with two attached hydrogens (primary N) is 1. The van der Waals surface area contributed by atoms with E-state index in [-0.39, 0.29) is 17.6 Å². The van der Waals surface area contributed by atoms with E-state index in [0.717, 1.165) is 58.5 Å². The first-order valence-electron chi connectivity index (χ1n) is 8.86. The third-order valence-corrected chi connectivity index (χ3v) is 6.34. The molecular weight excluding hydrogens is 278 g/mol. The van der Waals surface area contributed by atoms with E-state index in [2.05, 4.69) is 23.8 Å². The Kier molecular flexibility index (Phi) is 4.76. The van der Waals surface area contributed by atoms with Crippen LogP contribution in [0.25, 0.3) is 0 Å². The quantitative estimate of drug-likeness (QED) is 0.853. The summed E-state index contributed by atoms with van der Waals surface area (Å²) in [7, 11) is 2.18. The third kappa shape index (κ3) is 2.91. The minimum Gasteiger partial charge on any atom is -0.369 e. The monoisotopic (exact) mass is 309 g/mol. The van der Waals surface area contributed by atoms with Gasteiger partial charge in [0.05, 0.1) is 0 Å². The van der Waals surface area contributed by atoms with Crippen molar-refractivity contribution in [1.82, 2.24) is 9.80 Å². The van der Waals surface area contributed by atoms with Crippen molar-refractivity contribution < 1.29 is 9.53 Å². The van der Waals surface area contributed by atoms with Crippen LogP contribution in [0.2, 0.25) is 0 Å². The van der Waals surface area contributed by atoms with Crippen LogP contribution in [0.1, 0.15) is 39.0 Å². The third-order valence-electron chi connectivity index (χ3n) is 6.34. The number of likely N-dealkylation sites (N-methyl/N-ethyl adjacent to an activating group) is 1. The lowest BCUT2D eigenvalue weighted by atomic mass is 9.69. The van der Waals surface area contributed by atoms with Gasteiger partial charge in [0.2, 0.25) is 5.91 Å². The summed E-state index contributed by atoms with van der Waals surface area (Å²) in [5, 5.41) is 0. The molecule has 2 heterocycles. The van der Waals surface area contributed by atoms with Gasteiger partial charge in [-0.3, -0.25) is 9.69 Å². The van der Waals surface area contributed by atoms with Crippen LogP contribution in [0.4, 0.5) is 0 Å². The van der Waals surface area contributed by atoms with Gasteiger partial charge in [0.25, 0.3) is 0 Å². The number of carbonyl (C=O) groups excluding carboxylic acids is 1. The minimum absolute atomic E-state index is 0.113. The first-order chi connectivity index (χ1) is 10.5. The van der Waals surface area contributed by atoms with Crippen LogP contribution in [0.15, 0.2) is 0 Å². The summed E-state index contributed by atoms with van der Waals surface area (Å²) in [5.74, 6) is 0.727. The van der Waals surface area contributed by atoms with E-state index in [1.807, 2.05) is 0 Å². The molecule has 22 heavy (non-hydrogen) atoms. The van der Waals surface area contributed by atoms with Gasteiger partial charge in [0, 0.05) is 44.1 Å². The topological polar surface area (TPSA) is 58.8 Å². The van der Waals surface area contributed by atoms with Crippen LogP contribution >= 0.6 is 0 Å². The van der Waals surface area contributed by atoms with Crippen LogP contribution in [0, 0.1) is 17.3 Å². The maximum Gasteiger partial charge on any atom is 0.223 e. The number of rotatable bonds is 3. The molecule has 2 aliphatic heterocycles. The number of hydrogen-bond donors (Lipinski definition) is 1. The molecule has 4 atom stereocenters. The molecule has 2 N–H and O–H groups in total. The number of hydrogen-bond acceptors (Lipinski definition) is 4. The van der Waals surface area contributed by atoms with Crippen molar-refractivity contribution in [3.63, 3.8) is 0 Å². The smallest absolute Gasteiger partial charge is 0.223 e. The van der Waals surface area contributed by atoms with Crippen molar-refractivity contribution in [2.45, 2.75) is 45.3 Å². The number of nitrogens with zero attached hydrogens (tertiary/aromatic N) is 2. The summed E-state index contributed by atoms with van der Waals surface area (Å²) in [6.45, 7) is 7.28. The molecule has 0 aromatic rings. The highest BCUT2D eigenvalue weighted by atomic mass is 16.5. The summed E-state index contributed by atoms with van der Waals surface area (Å²) >= 11 is 0. The van der Waals surface area contributed by atoms with Gasteiger partial charge in [-0.1, -0.05) is 13.3 Å². The Morgan fingerprint density at radius 1 is 1.18 bits per heavy atom. The molecule has 3 rings (SSSR count). The maximum absolute atomic E-state index is 12.1. The van der Waals surface area contributed by atoms with Crippen LogP contribution in [-0.4, -0.2) is 61.8 Å². The fourth-order valence-electron chi connectivity index (χ4n) is 4.83. The molecule has 2 saturated heterocycles. The van der Waals surface area contributed by atoms with Gasteiger partial charge in [0.15, 0.2) is 0 Å². The van der Waals surface area contributed by atoms with E-state index in [0.29, 0.717) is 11.8 Å². The van der Waals surface area contributed by atoms with Crippen molar-refractivity contribution >= 4 is 5.91 Å². The minimum atomic E-state index is -0.337. The van der Waals surface area contributed by atoms with Crippen molar-refractivity contribution in [1.29, 1.82) is 0 Å². The molecule has 5 nitrogen and oxygen atoms in total. The second-order valence-corrected chi connectivity index (χ2v) is 7.69. The van der Waals surface area contributed by atoms with E-state index in [4.69, 9.17) is 10.5 Å². The highest BCUT2D eigenvalue weighted by Crippen LogP contribution is 2.50. The standard InChI is InChI=1S/C17H31N3O2/c1-17(16(18)21)7-3-6-14(17)13-5-4-12-22-15(13)20-10-8-19(2)9-11-20/h13-15H,3-12H2,1-2H3,(H2,18,21). The fourth-order valence-corrected chi connectivity index (χ4v) is 4.83. The van der Waals surface area contributed by atoms with Crippen molar-refractivity contribution in [2.75, 3.05) is 39.8 Å². The summed E-state index contributed by atoms with van der Waals surface area (Å²) in [6, 6.07) is 0. The molecule has 4 unspecified atom stereocenters. The Bertz CT molecular complexity index is 409. The van der Waals surface area contributed by atoms with Gasteiger partial charge in [0.1, 0.15) is 6.23 Å². The number of piperazine rings is 1. The highest BCUT2D eigenvalue weighted by molar-refractivity contribution is 5.81. The zero-order valence-corrected chi connectivity index (χ0v) is 14.1. The molecule has 3 fully saturated rings. The predicted octanol–water partition coefficient (Wildman–Crippen LogP) is 1.28. The Morgan fingerprint density at radius 2 is 1.91 bits per heavy atom. The Labute approximate surface area is 134 Å². The molecule has 0 aromatic heterocycles. The van der Waals surface area contributed by atoms with Gasteiger partial charge < -0.3 is 15.4 Å². The van der Waals surface area contributed by atoms with Crippen LogP contribution < -0.4 is 5.73 Å². The van der Waals surface area contributed by atoms with Gasteiger partial charge in [-0.05, 0) is 38.6 Å². The molecule has 3 aliphatic rings. The summed E-state index contributed by atoms with van der Waals surface area (Å²) in [5.41, 5.74) is 5.43. The average molecular weight is 309 g/mol. The van der Waals surface area contributed by atoms with Gasteiger partial charge in [-0.25, -0.2) is 0 Å². The van der Waals surface area contributed by atoms with E-state index < -0.39 is 0 Å². The molecule has 0 aromatic carbocycles. The molecule has 0 radical (unpaired) electrons. The molecule has 0 bridgehead atoms. The van der Waals surface area contributed by atoms with E-state index in [1.165, 1.54) is 6.42 Å². The van der Waals surface area contributed by atoms with E-state index in [9.17, 15) is 4.79 Å². The number of carbonyl (C=O) groups is 1. The molecule has 5 heteroatoms. The normalized spacial score (nSPS) is 41.6. The van der Waals surface area contributed by atoms with Crippen molar-refractivity contribution in [3.05, 3.63) is 0 Å². The predicted molar refractivity (Wildman–Crippen MR) is 86.2 cm³/mol. The van der Waals surface area contributed by atoms with E-state index >= 15 is 0 Å². The van der Waals surface area contributed by atoms with Crippen LogP contribution in [0.3, 0.4) is 0 Å². The zero-order chi connectivity index (χ0) is 15.7. The first-order valence-corrected chi connectivity index (χ1v) is 8.86. The van der Waals surface area contributed by atoms with Crippen LogP contribution in [0.5, 0.6) is 0 Å². The molecule has 126 valence electrons. The summed E-state index contributed by atoms with van der Waals surface area (Å²) < 4.78 is 6.21. The second kappa shape index (κ2) is 6.46. The van der Waals surface area contributed by atoms with Crippen molar-refractivity contribution in [3.8, 4) is 0 Å². The number of amides is 1. The molecule has 0 spiro atoms. The number of primary amides is 1. The van der Waals surface area contributed by atoms with Crippen LogP contribution in [-0.2, 0) is 9.53 Å². The van der Waals surface area contributed by atoms with Crippen molar-refractivity contribution in [2.24, 2.45) is 23.0 Å². The molecule has 1 aliphatic carbocycles. The fraction of sp³-hybridized carbons (Fsp3) is 0.941. The van der Waals surface area contributed by atoms with Gasteiger partial charge in [-0.2, -0.15) is 0 Å². The average Bonchev–Trinajstić information content (AvgIpc) is 2.91. The summed E-state index contributed by atoms with van der Waals surface area (Å²) in [6.07, 6.45) is 5.65. The first kappa shape index (κ1) is 16.2. The molecule has 1 saturated carbocycles. The lowest BCUT2D eigenvalue weighted by Crippen LogP contribution is -2.56. The SMILES string of the molecule is CN1CCN(C2OCCCC2C2CCCC2(C)C(N)=O)CC1. The zero-order valence-electron chi connectivity index (χ0n) is 14.1. The Balaban J connectivity index is 1.76. The largest absolute Gasteiger partial charge is 0.369 e. The number of ether oxygens (including phenoxy) is 1. The highest BCUT2D eigenvalue weighted by Gasteiger charge is 2.50. The lowest BCUT2D eigenvalue weighted by molar-refractivity contribution is -0.158.